The number of nitrogens with one attached hydrogen (secondary N) is 1. The van der Waals surface area contributed by atoms with Crippen LogP contribution in [0.2, 0.25) is 5.79 Å². The van der Waals surface area contributed by atoms with Gasteiger partial charge < -0.3 is 8.09 Å². The molecular formula is C3H11AlClNO. The van der Waals surface area contributed by atoms with Gasteiger partial charge in [-0.05, 0) is 7.05 Å². The van der Waals surface area contributed by atoms with Gasteiger partial charge in [-0.25, -0.2) is 0 Å². The summed E-state index contributed by atoms with van der Waals surface area (Å²) in [6.45, 7) is 0. The van der Waals surface area contributed by atoms with Gasteiger partial charge in [-0.15, -0.1) is 12.4 Å². The molecule has 0 aliphatic heterocycles. The van der Waals surface area contributed by atoms with Crippen LogP contribution in [0.4, 0.5) is 0 Å². The van der Waals surface area contributed by atoms with Crippen molar-refractivity contribution >= 4 is 27.1 Å². The van der Waals surface area contributed by atoms with E-state index in [1.54, 1.807) is 7.11 Å². The molecule has 0 aliphatic carbocycles. The lowest BCUT2D eigenvalue weighted by molar-refractivity contribution is 0.416. The van der Waals surface area contributed by atoms with Gasteiger partial charge in [-0.2, -0.15) is 0 Å². The first-order valence-electron chi connectivity index (χ1n) is 2.01. The number of rotatable bonds is 2. The Morgan fingerprint density at radius 3 is 2.00 bits per heavy atom. The van der Waals surface area contributed by atoms with Gasteiger partial charge in [0.1, 0.15) is 0 Å². The third-order valence-electron chi connectivity index (χ3n) is 0.760. The second-order valence-electron chi connectivity index (χ2n) is 1.17. The van der Waals surface area contributed by atoms with Gasteiger partial charge in [0, 0.05) is 7.11 Å². The highest BCUT2D eigenvalue weighted by Crippen LogP contribution is 1.68. The van der Waals surface area contributed by atoms with E-state index >= 15 is 0 Å². The maximum atomic E-state index is 4.93. The Balaban J connectivity index is 0. The molecule has 0 heterocycles. The van der Waals surface area contributed by atoms with Crippen molar-refractivity contribution in [3.63, 3.8) is 0 Å². The molecule has 0 rings (SSSR count). The molecule has 0 aromatic heterocycles. The Bertz CT molecular complexity index is 34.1. The van der Waals surface area contributed by atoms with Gasteiger partial charge in [-0.1, -0.05) is 5.79 Å². The van der Waals surface area contributed by atoms with Crippen LogP contribution in [0.5, 0.6) is 0 Å². The molecule has 0 fully saturated rings. The maximum absolute atomic E-state index is 4.93. The average Bonchev–Trinajstić information content (AvgIpc) is 1.65. The lowest BCUT2D eigenvalue weighted by Gasteiger charge is -1.95. The first-order valence-corrected chi connectivity index (χ1v) is 4.21. The van der Waals surface area contributed by atoms with Crippen LogP contribution in [0.15, 0.2) is 0 Å². The van der Waals surface area contributed by atoms with Crippen LogP contribution in [0, 0.1) is 0 Å². The number of halogens is 1. The monoisotopic (exact) mass is 139 g/mol. The van der Waals surface area contributed by atoms with Crippen LogP contribution in [0.1, 0.15) is 0 Å². The summed E-state index contributed by atoms with van der Waals surface area (Å²) in [5, 5.41) is 0. The van der Waals surface area contributed by atoms with E-state index in [1.165, 1.54) is 0 Å². The minimum atomic E-state index is -0.910. The van der Waals surface area contributed by atoms with Crippen molar-refractivity contribution in [1.82, 2.24) is 4.30 Å². The summed E-state index contributed by atoms with van der Waals surface area (Å²) in [5.74, 6) is 2.08. The van der Waals surface area contributed by atoms with Crippen molar-refractivity contribution in [3.8, 4) is 0 Å². The van der Waals surface area contributed by atoms with E-state index in [9.17, 15) is 0 Å². The van der Waals surface area contributed by atoms with Gasteiger partial charge in [0.15, 0.2) is 0 Å². The van der Waals surface area contributed by atoms with Gasteiger partial charge in [0.2, 0.25) is 0 Å². The first-order chi connectivity index (χ1) is 2.81. The van der Waals surface area contributed by atoms with Crippen LogP contribution in [0.25, 0.3) is 0 Å². The molecule has 0 radical (unpaired) electrons. The predicted molar refractivity (Wildman–Crippen MR) is 34.9 cm³/mol. The SMILES string of the molecule is C[NH][Al]([CH3])[O]C.Cl. The van der Waals surface area contributed by atoms with Crippen LogP contribution in [-0.2, 0) is 3.79 Å². The van der Waals surface area contributed by atoms with Crippen LogP contribution in [-0.4, -0.2) is 28.9 Å². The fourth-order valence-electron chi connectivity index (χ4n) is 0.118. The summed E-state index contributed by atoms with van der Waals surface area (Å²) in [6.07, 6.45) is 0. The molecule has 2 nitrogen and oxygen atoms in total. The van der Waals surface area contributed by atoms with Gasteiger partial charge in [-0.3, -0.25) is 0 Å². The Morgan fingerprint density at radius 2 is 2.00 bits per heavy atom. The topological polar surface area (TPSA) is 21.3 Å². The lowest BCUT2D eigenvalue weighted by atomic mass is 11.6. The van der Waals surface area contributed by atoms with E-state index in [0.717, 1.165) is 0 Å². The molecule has 1 N–H and O–H groups in total. The second kappa shape index (κ2) is 6.74. The van der Waals surface area contributed by atoms with Crippen molar-refractivity contribution in [1.29, 1.82) is 0 Å². The molecule has 0 aliphatic rings. The molecule has 0 amide bonds. The molecule has 0 atom stereocenters. The highest BCUT2D eigenvalue weighted by molar-refractivity contribution is 6.46. The van der Waals surface area contributed by atoms with E-state index in [2.05, 4.69) is 10.1 Å². The molecule has 0 bridgehead atoms. The molecular weight excluding hydrogens is 128 g/mol. The summed E-state index contributed by atoms with van der Waals surface area (Å²) in [5.41, 5.74) is 0. The zero-order valence-corrected chi connectivity index (χ0v) is 6.87. The number of hydrogen-bond donors (Lipinski definition) is 1. The largest absolute Gasteiger partial charge is 0.573 e. The fourth-order valence-corrected chi connectivity index (χ4v) is 0.354. The fraction of sp³-hybridized carbons (Fsp3) is 1.00. The molecule has 0 saturated heterocycles. The summed E-state index contributed by atoms with van der Waals surface area (Å²) >= 11 is -0.910. The molecule has 0 aromatic carbocycles. The minimum absolute atomic E-state index is 0. The molecule has 7 heavy (non-hydrogen) atoms. The Labute approximate surface area is 55.6 Å². The zero-order chi connectivity index (χ0) is 4.99. The van der Waals surface area contributed by atoms with Crippen LogP contribution >= 0.6 is 12.4 Å². The Kier molecular flexibility index (Phi) is 10.3. The van der Waals surface area contributed by atoms with E-state index in [4.69, 9.17) is 3.79 Å². The van der Waals surface area contributed by atoms with Crippen molar-refractivity contribution < 1.29 is 3.79 Å². The quantitative estimate of drug-likeness (QED) is 0.559. The summed E-state index contributed by atoms with van der Waals surface area (Å²) < 4.78 is 7.96. The van der Waals surface area contributed by atoms with E-state index in [1.807, 2.05) is 7.05 Å². The van der Waals surface area contributed by atoms with Crippen LogP contribution in [0.3, 0.4) is 0 Å². The van der Waals surface area contributed by atoms with Crippen molar-refractivity contribution in [2.45, 2.75) is 5.79 Å². The smallest absolute Gasteiger partial charge is 0.491 e. The third kappa shape index (κ3) is 6.74. The zero-order valence-electron chi connectivity index (χ0n) is 4.89. The first kappa shape index (κ1) is 10.7. The standard InChI is InChI=1S/CH4N.CH3O.CH3.Al.ClH/c2*1-2;;;/h2H,1H3;1H3;1H3;;1H/q2*-1;;+2;. The van der Waals surface area contributed by atoms with Crippen molar-refractivity contribution in [2.75, 3.05) is 14.2 Å². The number of hydrogen-bond acceptors (Lipinski definition) is 2. The van der Waals surface area contributed by atoms with Crippen molar-refractivity contribution in [2.24, 2.45) is 0 Å². The van der Waals surface area contributed by atoms with E-state index in [-0.39, 0.29) is 12.4 Å². The molecule has 0 aromatic rings. The summed E-state index contributed by atoms with van der Waals surface area (Å²) in [7, 11) is 3.65. The molecule has 0 saturated carbocycles. The molecule has 44 valence electrons. The van der Waals surface area contributed by atoms with Gasteiger partial charge >= 0.3 is 14.7 Å². The third-order valence-corrected chi connectivity index (χ3v) is 2.28. The second-order valence-corrected chi connectivity index (χ2v) is 3.50. The average molecular weight is 140 g/mol. The minimum Gasteiger partial charge on any atom is -0.491 e. The van der Waals surface area contributed by atoms with E-state index < -0.39 is 14.7 Å². The predicted octanol–water partition coefficient (Wildman–Crippen LogP) is 0.392. The highest BCUT2D eigenvalue weighted by Gasteiger charge is 2.05. The molecule has 4 heteroatoms. The lowest BCUT2D eigenvalue weighted by Crippen LogP contribution is -2.28. The molecule has 0 unspecified atom stereocenters. The van der Waals surface area contributed by atoms with Crippen molar-refractivity contribution in [3.05, 3.63) is 0 Å². The van der Waals surface area contributed by atoms with E-state index in [0.29, 0.717) is 0 Å². The van der Waals surface area contributed by atoms with Crippen LogP contribution < -0.4 is 4.30 Å². The maximum Gasteiger partial charge on any atom is 0.573 e. The highest BCUT2D eigenvalue weighted by atomic mass is 35.5. The Morgan fingerprint density at radius 1 is 1.57 bits per heavy atom. The van der Waals surface area contributed by atoms with Gasteiger partial charge in [0.05, 0.1) is 0 Å². The van der Waals surface area contributed by atoms with Gasteiger partial charge in [0.25, 0.3) is 0 Å². The normalized spacial score (nSPS) is 7.29. The molecule has 0 spiro atoms. The summed E-state index contributed by atoms with van der Waals surface area (Å²) in [6, 6.07) is 0. The summed E-state index contributed by atoms with van der Waals surface area (Å²) in [4.78, 5) is 0. The Hall–Kier alpha value is 0.742.